The van der Waals surface area contributed by atoms with E-state index >= 15 is 0 Å². The maximum absolute atomic E-state index is 11.1. The number of hydrogen-bond acceptors (Lipinski definition) is 2. The van der Waals surface area contributed by atoms with E-state index in [0.717, 1.165) is 0 Å². The van der Waals surface area contributed by atoms with E-state index in [1.54, 1.807) is 24.3 Å². The van der Waals surface area contributed by atoms with Crippen LogP contribution in [0.4, 0.5) is 5.69 Å². The predicted octanol–water partition coefficient (Wildman–Crippen LogP) is 2.44. The van der Waals surface area contributed by atoms with Crippen LogP contribution in [0.15, 0.2) is 24.3 Å². The first-order valence-corrected chi connectivity index (χ1v) is 5.70. The molecule has 0 aliphatic carbocycles. The Hall–Kier alpha value is -0.620. The third kappa shape index (κ3) is 2.95. The maximum Gasteiger partial charge on any atom is 0.254 e. The molecule has 1 rings (SSSR count). The molecule has 0 saturated heterocycles. The fourth-order valence-corrected chi connectivity index (χ4v) is 1.30. The minimum Gasteiger partial charge on any atom is -0.325 e. The van der Waals surface area contributed by atoms with Crippen molar-refractivity contribution in [2.24, 2.45) is 0 Å². The van der Waals surface area contributed by atoms with Crippen LogP contribution < -0.4 is 5.32 Å². The summed E-state index contributed by atoms with van der Waals surface area (Å²) in [5.74, 6) is -0.157. The van der Waals surface area contributed by atoms with E-state index < -0.39 is 5.24 Å². The molecule has 3 nitrogen and oxygen atoms in total. The standard InChI is InChI=1S/C9H7ClINO2/c10-9(14)6-3-1-2-4-7(6)12-8(13)5-11/h1-4H,5H2,(H,12,13). The highest BCUT2D eigenvalue weighted by Crippen LogP contribution is 2.17. The largest absolute Gasteiger partial charge is 0.325 e. The van der Waals surface area contributed by atoms with Crippen molar-refractivity contribution >= 4 is 51.0 Å². The SMILES string of the molecule is O=C(CI)Nc1ccccc1C(=O)Cl. The average Bonchev–Trinajstić information content (AvgIpc) is 2.18. The van der Waals surface area contributed by atoms with Gasteiger partial charge in [0.25, 0.3) is 5.24 Å². The van der Waals surface area contributed by atoms with Gasteiger partial charge in [0.05, 0.1) is 15.7 Å². The molecule has 0 aliphatic heterocycles. The predicted molar refractivity (Wildman–Crippen MR) is 64.1 cm³/mol. The zero-order valence-corrected chi connectivity index (χ0v) is 10.0. The third-order valence-electron chi connectivity index (χ3n) is 1.53. The van der Waals surface area contributed by atoms with Crippen molar-refractivity contribution in [3.63, 3.8) is 0 Å². The molecule has 0 aliphatic rings. The third-order valence-corrected chi connectivity index (χ3v) is 2.43. The van der Waals surface area contributed by atoms with Crippen LogP contribution in [-0.4, -0.2) is 15.6 Å². The Bertz CT molecular complexity index is 368. The van der Waals surface area contributed by atoms with Crippen molar-refractivity contribution in [3.05, 3.63) is 29.8 Å². The number of carbonyl (C=O) groups is 2. The van der Waals surface area contributed by atoms with Crippen LogP contribution in [0.25, 0.3) is 0 Å². The number of alkyl halides is 1. The summed E-state index contributed by atoms with van der Waals surface area (Å²) in [4.78, 5) is 22.0. The van der Waals surface area contributed by atoms with E-state index in [1.165, 1.54) is 0 Å². The number of rotatable bonds is 3. The number of amides is 1. The van der Waals surface area contributed by atoms with Gasteiger partial charge >= 0.3 is 0 Å². The van der Waals surface area contributed by atoms with Gasteiger partial charge in [-0.3, -0.25) is 9.59 Å². The van der Waals surface area contributed by atoms with Crippen LogP contribution in [0.5, 0.6) is 0 Å². The zero-order valence-electron chi connectivity index (χ0n) is 7.09. The summed E-state index contributed by atoms with van der Waals surface area (Å²) in [6, 6.07) is 6.62. The second kappa shape index (κ2) is 5.31. The molecule has 0 atom stereocenters. The van der Waals surface area contributed by atoms with Crippen molar-refractivity contribution < 1.29 is 9.59 Å². The van der Waals surface area contributed by atoms with Crippen LogP contribution >= 0.6 is 34.2 Å². The Morgan fingerprint density at radius 2 is 2.00 bits per heavy atom. The van der Waals surface area contributed by atoms with E-state index in [4.69, 9.17) is 11.6 Å². The van der Waals surface area contributed by atoms with Crippen molar-refractivity contribution in [3.8, 4) is 0 Å². The maximum atomic E-state index is 11.1. The summed E-state index contributed by atoms with van der Waals surface area (Å²) in [5, 5.41) is 2.02. The first-order chi connectivity index (χ1) is 6.65. The summed E-state index contributed by atoms with van der Waals surface area (Å²) in [6.07, 6.45) is 0. The molecule has 0 radical (unpaired) electrons. The highest BCUT2D eigenvalue weighted by Gasteiger charge is 2.09. The Balaban J connectivity index is 2.95. The normalized spacial score (nSPS) is 9.57. The molecule has 1 aromatic carbocycles. The van der Waals surface area contributed by atoms with Gasteiger partial charge in [-0.25, -0.2) is 0 Å². The van der Waals surface area contributed by atoms with E-state index in [-0.39, 0.29) is 5.91 Å². The van der Waals surface area contributed by atoms with Gasteiger partial charge in [0.2, 0.25) is 5.91 Å². The van der Waals surface area contributed by atoms with Crippen LogP contribution in [-0.2, 0) is 4.79 Å². The van der Waals surface area contributed by atoms with Crippen molar-refractivity contribution in [1.29, 1.82) is 0 Å². The molecule has 1 amide bonds. The van der Waals surface area contributed by atoms with E-state index in [0.29, 0.717) is 15.7 Å². The molecule has 1 aromatic rings. The van der Waals surface area contributed by atoms with Gasteiger partial charge < -0.3 is 5.32 Å². The van der Waals surface area contributed by atoms with Gasteiger partial charge in [0.1, 0.15) is 0 Å². The zero-order chi connectivity index (χ0) is 10.6. The molecule has 0 saturated carbocycles. The van der Waals surface area contributed by atoms with Gasteiger partial charge in [-0.05, 0) is 23.7 Å². The van der Waals surface area contributed by atoms with E-state index in [9.17, 15) is 9.59 Å². The van der Waals surface area contributed by atoms with Crippen LogP contribution in [0, 0.1) is 0 Å². The highest BCUT2D eigenvalue weighted by atomic mass is 127. The molecular formula is C9H7ClINO2. The topological polar surface area (TPSA) is 46.2 Å². The monoisotopic (exact) mass is 323 g/mol. The summed E-state index contributed by atoms with van der Waals surface area (Å²) >= 11 is 7.28. The molecule has 5 heteroatoms. The second-order valence-corrected chi connectivity index (χ2v) is 3.61. The van der Waals surface area contributed by atoms with Crippen molar-refractivity contribution in [2.45, 2.75) is 0 Å². The fraction of sp³-hybridized carbons (Fsp3) is 0.111. The number of nitrogens with one attached hydrogen (secondary N) is 1. The smallest absolute Gasteiger partial charge is 0.254 e. The quantitative estimate of drug-likeness (QED) is 0.527. The number of hydrogen-bond donors (Lipinski definition) is 1. The number of carbonyl (C=O) groups excluding carboxylic acids is 2. The van der Waals surface area contributed by atoms with Crippen LogP contribution in [0.1, 0.15) is 10.4 Å². The summed E-state index contributed by atoms with van der Waals surface area (Å²) < 4.78 is 0.336. The Labute approximate surface area is 100.0 Å². The van der Waals surface area contributed by atoms with Crippen molar-refractivity contribution in [1.82, 2.24) is 0 Å². The van der Waals surface area contributed by atoms with Gasteiger partial charge in [-0.2, -0.15) is 0 Å². The molecule has 0 spiro atoms. The van der Waals surface area contributed by atoms with Gasteiger partial charge in [0, 0.05) is 0 Å². The fourth-order valence-electron chi connectivity index (χ4n) is 0.947. The molecular weight excluding hydrogens is 316 g/mol. The van der Waals surface area contributed by atoms with Crippen LogP contribution in [0.2, 0.25) is 0 Å². The minimum absolute atomic E-state index is 0.157. The number of halogens is 2. The molecule has 0 aromatic heterocycles. The summed E-state index contributed by atoms with van der Waals surface area (Å²) in [5.41, 5.74) is 0.765. The number of anilines is 1. The highest BCUT2D eigenvalue weighted by molar-refractivity contribution is 14.1. The minimum atomic E-state index is -0.575. The lowest BCUT2D eigenvalue weighted by Gasteiger charge is -2.05. The summed E-state index contributed by atoms with van der Waals surface area (Å²) in [7, 11) is 0. The lowest BCUT2D eigenvalue weighted by Crippen LogP contribution is -2.14. The first-order valence-electron chi connectivity index (χ1n) is 3.80. The summed E-state index contributed by atoms with van der Waals surface area (Å²) in [6.45, 7) is 0. The molecule has 0 heterocycles. The first kappa shape index (κ1) is 11.5. The van der Waals surface area contributed by atoms with Gasteiger partial charge in [-0.15, -0.1) is 0 Å². The second-order valence-electron chi connectivity index (χ2n) is 2.50. The lowest BCUT2D eigenvalue weighted by atomic mass is 10.2. The van der Waals surface area contributed by atoms with Gasteiger partial charge in [-0.1, -0.05) is 34.7 Å². The molecule has 0 bridgehead atoms. The lowest BCUT2D eigenvalue weighted by molar-refractivity contribution is -0.113. The van der Waals surface area contributed by atoms with Crippen molar-refractivity contribution in [2.75, 3.05) is 9.74 Å². The van der Waals surface area contributed by atoms with Crippen LogP contribution in [0.3, 0.4) is 0 Å². The van der Waals surface area contributed by atoms with E-state index in [1.807, 2.05) is 22.6 Å². The number of benzene rings is 1. The number of para-hydroxylation sites is 1. The molecule has 14 heavy (non-hydrogen) atoms. The molecule has 1 N–H and O–H groups in total. The molecule has 0 unspecified atom stereocenters. The Kier molecular flexibility index (Phi) is 4.34. The van der Waals surface area contributed by atoms with E-state index in [2.05, 4.69) is 5.32 Å². The molecule has 0 fully saturated rings. The molecule has 74 valence electrons. The Morgan fingerprint density at radius 3 is 2.57 bits per heavy atom. The van der Waals surface area contributed by atoms with Gasteiger partial charge in [0.15, 0.2) is 0 Å². The average molecular weight is 324 g/mol. The Morgan fingerprint density at radius 1 is 1.36 bits per heavy atom.